The second-order valence-corrected chi connectivity index (χ2v) is 8.41. The highest BCUT2D eigenvalue weighted by atomic mass is 15.0. The van der Waals surface area contributed by atoms with E-state index in [0.29, 0.717) is 0 Å². The molecule has 0 saturated heterocycles. The molecule has 4 aromatic rings. The summed E-state index contributed by atoms with van der Waals surface area (Å²) in [6.45, 7) is 3.35. The summed E-state index contributed by atoms with van der Waals surface area (Å²) in [5.74, 6) is 0. The molecule has 152 valence electrons. The number of hydrogen-bond donors (Lipinski definition) is 0. The van der Waals surface area contributed by atoms with Crippen molar-refractivity contribution in [1.29, 1.82) is 0 Å². The maximum atomic E-state index is 4.82. The van der Waals surface area contributed by atoms with Gasteiger partial charge in [-0.25, -0.2) is 4.98 Å². The first-order chi connectivity index (χ1) is 14.4. The SMILES string of the molecule is CCCCCCCCCCCCn1cnc2c3ccccc3c3ccccc3c21. The number of nitrogens with zero attached hydrogens (tertiary/aromatic N) is 2. The molecule has 0 unspecified atom stereocenters. The van der Waals surface area contributed by atoms with Crippen LogP contribution in [-0.4, -0.2) is 9.55 Å². The molecule has 3 aromatic carbocycles. The Bertz CT molecular complexity index is 1060. The summed E-state index contributed by atoms with van der Waals surface area (Å²) in [4.78, 5) is 4.82. The number of hydrogen-bond acceptors (Lipinski definition) is 1. The smallest absolute Gasteiger partial charge is 0.0969 e. The quantitative estimate of drug-likeness (QED) is 0.187. The van der Waals surface area contributed by atoms with E-state index in [9.17, 15) is 0 Å². The van der Waals surface area contributed by atoms with E-state index in [1.165, 1.54) is 91.3 Å². The van der Waals surface area contributed by atoms with Crippen LogP contribution >= 0.6 is 0 Å². The minimum atomic E-state index is 1.06. The van der Waals surface area contributed by atoms with Crippen molar-refractivity contribution in [2.45, 2.75) is 77.7 Å². The Morgan fingerprint density at radius 2 is 1.14 bits per heavy atom. The van der Waals surface area contributed by atoms with Gasteiger partial charge in [0.2, 0.25) is 0 Å². The van der Waals surface area contributed by atoms with Crippen LogP contribution in [0, 0.1) is 0 Å². The lowest BCUT2D eigenvalue weighted by molar-refractivity contribution is 0.538. The molecule has 0 saturated carbocycles. The first kappa shape index (κ1) is 19.9. The highest BCUT2D eigenvalue weighted by Gasteiger charge is 2.12. The van der Waals surface area contributed by atoms with Crippen molar-refractivity contribution in [2.75, 3.05) is 0 Å². The standard InChI is InChI=1S/C27H34N2/c1-2-3-4-5-6-7-8-9-10-15-20-29-21-28-26-24-18-13-11-16-22(24)23-17-12-14-19-25(23)27(26)29/h11-14,16-19,21H,2-10,15,20H2,1H3. The fourth-order valence-electron chi connectivity index (χ4n) is 4.65. The number of benzene rings is 3. The highest BCUT2D eigenvalue weighted by molar-refractivity contribution is 6.23. The molecule has 0 aliphatic heterocycles. The Morgan fingerprint density at radius 3 is 1.79 bits per heavy atom. The number of aryl methyl sites for hydroxylation is 1. The molecule has 0 atom stereocenters. The molecule has 1 aromatic heterocycles. The third-order valence-electron chi connectivity index (χ3n) is 6.24. The maximum Gasteiger partial charge on any atom is 0.0969 e. The Kier molecular flexibility index (Phi) is 6.82. The largest absolute Gasteiger partial charge is 0.330 e. The van der Waals surface area contributed by atoms with Crippen molar-refractivity contribution >= 4 is 32.6 Å². The molecule has 0 aliphatic carbocycles. The van der Waals surface area contributed by atoms with E-state index < -0.39 is 0 Å². The van der Waals surface area contributed by atoms with Crippen LogP contribution in [0.3, 0.4) is 0 Å². The van der Waals surface area contributed by atoms with Gasteiger partial charge in [0.25, 0.3) is 0 Å². The third-order valence-corrected chi connectivity index (χ3v) is 6.24. The number of unbranched alkanes of at least 4 members (excludes halogenated alkanes) is 9. The molecular formula is C27H34N2. The maximum absolute atomic E-state index is 4.82. The van der Waals surface area contributed by atoms with Crippen LogP contribution in [0.15, 0.2) is 54.9 Å². The van der Waals surface area contributed by atoms with E-state index in [2.05, 4.69) is 66.3 Å². The van der Waals surface area contributed by atoms with Gasteiger partial charge in [0.1, 0.15) is 0 Å². The topological polar surface area (TPSA) is 17.8 Å². The first-order valence-electron chi connectivity index (χ1n) is 11.6. The van der Waals surface area contributed by atoms with Crippen LogP contribution in [0.5, 0.6) is 0 Å². The van der Waals surface area contributed by atoms with Gasteiger partial charge >= 0.3 is 0 Å². The van der Waals surface area contributed by atoms with Crippen LogP contribution in [0.1, 0.15) is 71.1 Å². The minimum Gasteiger partial charge on any atom is -0.330 e. The van der Waals surface area contributed by atoms with Crippen molar-refractivity contribution in [3.05, 3.63) is 54.9 Å². The molecule has 0 N–H and O–H groups in total. The highest BCUT2D eigenvalue weighted by Crippen LogP contribution is 2.34. The Labute approximate surface area is 174 Å². The fourth-order valence-corrected chi connectivity index (χ4v) is 4.65. The second kappa shape index (κ2) is 9.91. The molecule has 1 heterocycles. The molecule has 2 heteroatoms. The Hall–Kier alpha value is -2.35. The summed E-state index contributed by atoms with van der Waals surface area (Å²) < 4.78 is 2.38. The summed E-state index contributed by atoms with van der Waals surface area (Å²) in [7, 11) is 0. The molecule has 0 radical (unpaired) electrons. The van der Waals surface area contributed by atoms with E-state index in [1.807, 2.05) is 0 Å². The number of fused-ring (bicyclic) bond motifs is 6. The zero-order valence-corrected chi connectivity index (χ0v) is 17.9. The van der Waals surface area contributed by atoms with E-state index in [0.717, 1.165) is 12.1 Å². The molecule has 2 nitrogen and oxygen atoms in total. The summed E-state index contributed by atoms with van der Waals surface area (Å²) in [6.07, 6.45) is 15.8. The zero-order chi connectivity index (χ0) is 19.9. The molecule has 29 heavy (non-hydrogen) atoms. The lowest BCUT2D eigenvalue weighted by Gasteiger charge is -2.10. The van der Waals surface area contributed by atoms with Gasteiger partial charge in [-0.3, -0.25) is 0 Å². The predicted octanol–water partition coefficient (Wildman–Crippen LogP) is 8.26. The van der Waals surface area contributed by atoms with Gasteiger partial charge < -0.3 is 4.57 Å². The number of rotatable bonds is 11. The number of imidazole rings is 1. The molecule has 0 bridgehead atoms. The predicted molar refractivity (Wildman–Crippen MR) is 127 cm³/mol. The van der Waals surface area contributed by atoms with Gasteiger partial charge in [-0.05, 0) is 17.2 Å². The lowest BCUT2D eigenvalue weighted by atomic mass is 10.00. The minimum absolute atomic E-state index is 1.06. The van der Waals surface area contributed by atoms with E-state index >= 15 is 0 Å². The van der Waals surface area contributed by atoms with E-state index in [4.69, 9.17) is 4.98 Å². The molecule has 0 fully saturated rings. The van der Waals surface area contributed by atoms with Crippen molar-refractivity contribution in [1.82, 2.24) is 9.55 Å². The van der Waals surface area contributed by atoms with Crippen molar-refractivity contribution in [3.8, 4) is 0 Å². The first-order valence-corrected chi connectivity index (χ1v) is 11.6. The van der Waals surface area contributed by atoms with Crippen molar-refractivity contribution < 1.29 is 0 Å². The van der Waals surface area contributed by atoms with Gasteiger partial charge in [0.15, 0.2) is 0 Å². The molecule has 0 amide bonds. The van der Waals surface area contributed by atoms with Crippen LogP contribution < -0.4 is 0 Å². The Morgan fingerprint density at radius 1 is 0.621 bits per heavy atom. The zero-order valence-electron chi connectivity index (χ0n) is 17.9. The van der Waals surface area contributed by atoms with Crippen molar-refractivity contribution in [3.63, 3.8) is 0 Å². The van der Waals surface area contributed by atoms with Gasteiger partial charge in [-0.1, -0.05) is 113 Å². The number of aromatic nitrogens is 2. The summed E-state index contributed by atoms with van der Waals surface area (Å²) in [6, 6.07) is 17.5. The van der Waals surface area contributed by atoms with Crippen molar-refractivity contribution in [2.24, 2.45) is 0 Å². The molecular weight excluding hydrogens is 352 g/mol. The third kappa shape index (κ3) is 4.47. The monoisotopic (exact) mass is 386 g/mol. The summed E-state index contributed by atoms with van der Waals surface area (Å²) >= 11 is 0. The summed E-state index contributed by atoms with van der Waals surface area (Å²) in [5.41, 5.74) is 2.45. The summed E-state index contributed by atoms with van der Waals surface area (Å²) in [5, 5.41) is 5.23. The lowest BCUT2D eigenvalue weighted by Crippen LogP contribution is -1.97. The van der Waals surface area contributed by atoms with Gasteiger partial charge in [-0.2, -0.15) is 0 Å². The second-order valence-electron chi connectivity index (χ2n) is 8.41. The van der Waals surface area contributed by atoms with Crippen LogP contribution in [0.2, 0.25) is 0 Å². The van der Waals surface area contributed by atoms with Crippen LogP contribution in [0.4, 0.5) is 0 Å². The molecule has 0 aliphatic rings. The normalized spacial score (nSPS) is 11.8. The van der Waals surface area contributed by atoms with Crippen LogP contribution in [0.25, 0.3) is 32.6 Å². The van der Waals surface area contributed by atoms with E-state index in [-0.39, 0.29) is 0 Å². The molecule has 0 spiro atoms. The molecule has 4 rings (SSSR count). The fraction of sp³-hybridized carbons (Fsp3) is 0.444. The Balaban J connectivity index is 1.41. The van der Waals surface area contributed by atoms with Crippen LogP contribution in [-0.2, 0) is 6.54 Å². The van der Waals surface area contributed by atoms with Gasteiger partial charge in [-0.15, -0.1) is 0 Å². The average Bonchev–Trinajstić information content (AvgIpc) is 3.20. The van der Waals surface area contributed by atoms with E-state index in [1.54, 1.807) is 0 Å². The van der Waals surface area contributed by atoms with Gasteiger partial charge in [0.05, 0.1) is 17.4 Å². The van der Waals surface area contributed by atoms with Gasteiger partial charge in [0, 0.05) is 17.3 Å². The average molecular weight is 387 g/mol.